The second-order valence-corrected chi connectivity index (χ2v) is 7.60. The summed E-state index contributed by atoms with van der Waals surface area (Å²) in [4.78, 5) is 11.9. The number of carbonyl (C=O) groups excluding carboxylic acids is 1. The molecule has 0 bridgehead atoms. The van der Waals surface area contributed by atoms with Crippen molar-refractivity contribution in [1.82, 2.24) is 0 Å². The number of anilines is 1. The number of benzene rings is 1. The van der Waals surface area contributed by atoms with Gasteiger partial charge >= 0.3 is 5.97 Å². The van der Waals surface area contributed by atoms with Crippen LogP contribution in [0.4, 0.5) is 5.69 Å². The van der Waals surface area contributed by atoms with E-state index in [0.717, 1.165) is 5.56 Å². The summed E-state index contributed by atoms with van der Waals surface area (Å²) in [5.41, 5.74) is 1.68. The number of aryl methyl sites for hydroxylation is 1. The third kappa shape index (κ3) is 1.60. The normalized spacial score (nSPS) is 30.5. The number of ether oxygens (including phenoxy) is 1. The average Bonchev–Trinajstić information content (AvgIpc) is 3.16. The van der Waals surface area contributed by atoms with Crippen molar-refractivity contribution in [3.05, 3.63) is 29.8 Å². The van der Waals surface area contributed by atoms with Gasteiger partial charge in [-0.15, -0.1) is 0 Å². The van der Waals surface area contributed by atoms with Crippen LogP contribution in [0.5, 0.6) is 0 Å². The van der Waals surface area contributed by atoms with E-state index in [2.05, 4.69) is 0 Å². The van der Waals surface area contributed by atoms with E-state index in [0.29, 0.717) is 25.1 Å². The summed E-state index contributed by atoms with van der Waals surface area (Å²) in [5, 5.41) is 0. The van der Waals surface area contributed by atoms with Crippen LogP contribution in [-0.2, 0) is 19.6 Å². The molecular formula is C14H17NO4S. The highest BCUT2D eigenvalue weighted by Crippen LogP contribution is 2.57. The number of nitrogens with zero attached hydrogens (tertiary/aromatic N) is 1. The molecule has 1 saturated carbocycles. The van der Waals surface area contributed by atoms with Crippen LogP contribution in [0.25, 0.3) is 0 Å². The molecule has 0 N–H and O–H groups in total. The lowest BCUT2D eigenvalue weighted by molar-refractivity contribution is -0.141. The lowest BCUT2D eigenvalue weighted by atomic mass is 10.2. The van der Waals surface area contributed by atoms with E-state index in [1.54, 1.807) is 12.1 Å². The van der Waals surface area contributed by atoms with E-state index in [4.69, 9.17) is 4.74 Å². The summed E-state index contributed by atoms with van der Waals surface area (Å²) < 4.78 is 30.3. The number of hydrogen-bond acceptors (Lipinski definition) is 4. The van der Waals surface area contributed by atoms with Crippen LogP contribution in [0, 0.1) is 12.8 Å². The smallest absolute Gasteiger partial charge is 0.329 e. The van der Waals surface area contributed by atoms with Gasteiger partial charge in [-0.2, -0.15) is 0 Å². The molecule has 0 aromatic heterocycles. The Bertz CT molecular complexity index is 652. The zero-order chi connectivity index (χ0) is 14.5. The number of hydrogen-bond donors (Lipinski definition) is 0. The Morgan fingerprint density at radius 1 is 1.35 bits per heavy atom. The molecule has 2 aliphatic rings. The molecule has 1 heterocycles. The van der Waals surface area contributed by atoms with E-state index in [1.165, 1.54) is 11.4 Å². The molecule has 20 heavy (non-hydrogen) atoms. The van der Waals surface area contributed by atoms with E-state index >= 15 is 0 Å². The van der Waals surface area contributed by atoms with Gasteiger partial charge in [-0.3, -0.25) is 9.10 Å². The van der Waals surface area contributed by atoms with Gasteiger partial charge in [-0.25, -0.2) is 8.42 Å². The minimum atomic E-state index is -3.71. The van der Waals surface area contributed by atoms with Crippen LogP contribution in [0.1, 0.15) is 18.4 Å². The summed E-state index contributed by atoms with van der Waals surface area (Å²) in [6.45, 7) is 2.37. The Morgan fingerprint density at radius 2 is 2.00 bits per heavy atom. The predicted octanol–water partition coefficient (Wildman–Crippen LogP) is 1.47. The Hall–Kier alpha value is -1.56. The monoisotopic (exact) mass is 295 g/mol. The first-order chi connectivity index (χ1) is 9.43. The molecule has 2 unspecified atom stereocenters. The van der Waals surface area contributed by atoms with Gasteiger partial charge in [0.25, 0.3) is 10.0 Å². The number of methoxy groups -OCH3 is 1. The molecular weight excluding hydrogens is 278 g/mol. The first-order valence-electron chi connectivity index (χ1n) is 6.61. The van der Waals surface area contributed by atoms with Gasteiger partial charge < -0.3 is 4.74 Å². The lowest BCUT2D eigenvalue weighted by Gasteiger charge is -2.32. The standard InChI is InChI=1S/C14H17NO4S/c1-10-3-5-12(6-4-10)15-8-7-11-9-14(11,13(16)19-2)20(15,17)18/h3-6,11H,7-9H2,1-2H3. The maximum atomic E-state index is 12.8. The third-order valence-corrected chi connectivity index (χ3v) is 6.89. The molecule has 108 valence electrons. The molecule has 6 heteroatoms. The minimum Gasteiger partial charge on any atom is -0.468 e. The van der Waals surface area contributed by atoms with Crippen LogP contribution in [0.3, 0.4) is 0 Å². The lowest BCUT2D eigenvalue weighted by Crippen LogP contribution is -2.50. The van der Waals surface area contributed by atoms with Crippen LogP contribution in [0.15, 0.2) is 24.3 Å². The van der Waals surface area contributed by atoms with Crippen molar-refractivity contribution in [3.8, 4) is 0 Å². The van der Waals surface area contributed by atoms with Crippen molar-refractivity contribution < 1.29 is 17.9 Å². The summed E-state index contributed by atoms with van der Waals surface area (Å²) in [6, 6.07) is 7.30. The molecule has 0 spiro atoms. The maximum Gasteiger partial charge on any atom is 0.329 e. The molecule has 2 fully saturated rings. The predicted molar refractivity (Wildman–Crippen MR) is 74.9 cm³/mol. The highest BCUT2D eigenvalue weighted by Gasteiger charge is 2.73. The van der Waals surface area contributed by atoms with Crippen molar-refractivity contribution in [2.45, 2.75) is 24.5 Å². The van der Waals surface area contributed by atoms with E-state index < -0.39 is 20.7 Å². The Labute approximate surface area is 118 Å². The van der Waals surface area contributed by atoms with E-state index in [1.807, 2.05) is 19.1 Å². The minimum absolute atomic E-state index is 0.0957. The number of esters is 1. The van der Waals surface area contributed by atoms with Gasteiger partial charge in [0.1, 0.15) is 0 Å². The maximum absolute atomic E-state index is 12.8. The SMILES string of the molecule is COC(=O)C12CC1CCN(c1ccc(C)cc1)S2(=O)=O. The molecule has 1 saturated heterocycles. The zero-order valence-electron chi connectivity index (χ0n) is 11.5. The van der Waals surface area contributed by atoms with Gasteiger partial charge in [0.15, 0.2) is 4.75 Å². The molecule has 2 atom stereocenters. The van der Waals surface area contributed by atoms with Crippen molar-refractivity contribution in [2.24, 2.45) is 5.92 Å². The second kappa shape index (κ2) is 4.22. The molecule has 1 aromatic rings. The van der Waals surface area contributed by atoms with Gasteiger partial charge in [-0.05, 0) is 37.8 Å². The number of fused-ring (bicyclic) bond motifs is 1. The first-order valence-corrected chi connectivity index (χ1v) is 8.05. The van der Waals surface area contributed by atoms with Crippen molar-refractivity contribution >= 4 is 21.7 Å². The summed E-state index contributed by atoms with van der Waals surface area (Å²) in [5.74, 6) is -0.721. The van der Waals surface area contributed by atoms with E-state index in [-0.39, 0.29) is 5.92 Å². The summed E-state index contributed by atoms with van der Waals surface area (Å²) in [6.07, 6.45) is 1.08. The summed E-state index contributed by atoms with van der Waals surface area (Å²) >= 11 is 0. The fourth-order valence-corrected chi connectivity index (χ4v) is 5.44. The van der Waals surface area contributed by atoms with Crippen molar-refractivity contribution in [3.63, 3.8) is 0 Å². The molecule has 1 aliphatic carbocycles. The molecule has 0 radical (unpaired) electrons. The van der Waals surface area contributed by atoms with Crippen LogP contribution < -0.4 is 4.31 Å². The Morgan fingerprint density at radius 3 is 2.60 bits per heavy atom. The van der Waals surface area contributed by atoms with Gasteiger partial charge in [0.2, 0.25) is 0 Å². The van der Waals surface area contributed by atoms with Gasteiger partial charge in [-0.1, -0.05) is 17.7 Å². The Kier molecular flexibility index (Phi) is 2.83. The Balaban J connectivity index is 2.02. The third-order valence-electron chi connectivity index (χ3n) is 4.33. The van der Waals surface area contributed by atoms with Crippen molar-refractivity contribution in [1.29, 1.82) is 0 Å². The molecule has 0 amide bonds. The van der Waals surface area contributed by atoms with Crippen LogP contribution >= 0.6 is 0 Å². The first kappa shape index (κ1) is 13.4. The molecule has 3 rings (SSSR count). The van der Waals surface area contributed by atoms with Gasteiger partial charge in [0.05, 0.1) is 12.8 Å². The molecule has 5 nitrogen and oxygen atoms in total. The fraction of sp³-hybridized carbons (Fsp3) is 0.500. The highest BCUT2D eigenvalue weighted by atomic mass is 32.2. The molecule has 1 aliphatic heterocycles. The summed E-state index contributed by atoms with van der Waals surface area (Å²) in [7, 11) is -2.47. The number of rotatable bonds is 2. The van der Waals surface area contributed by atoms with Crippen molar-refractivity contribution in [2.75, 3.05) is 18.0 Å². The van der Waals surface area contributed by atoms with Crippen LogP contribution in [-0.4, -0.2) is 32.8 Å². The van der Waals surface area contributed by atoms with Crippen LogP contribution in [0.2, 0.25) is 0 Å². The topological polar surface area (TPSA) is 63.7 Å². The second-order valence-electron chi connectivity index (χ2n) is 5.48. The largest absolute Gasteiger partial charge is 0.468 e. The zero-order valence-corrected chi connectivity index (χ0v) is 12.3. The fourth-order valence-electron chi connectivity index (χ4n) is 3.06. The molecule has 1 aromatic carbocycles. The van der Waals surface area contributed by atoms with E-state index in [9.17, 15) is 13.2 Å². The number of carbonyl (C=O) groups is 1. The van der Waals surface area contributed by atoms with Gasteiger partial charge in [0, 0.05) is 6.54 Å². The average molecular weight is 295 g/mol. The highest BCUT2D eigenvalue weighted by molar-refractivity contribution is 7.95. The quantitative estimate of drug-likeness (QED) is 0.775. The number of sulfonamides is 1.